The van der Waals surface area contributed by atoms with Crippen LogP contribution >= 0.6 is 22.9 Å². The molecule has 0 spiro atoms. The quantitative estimate of drug-likeness (QED) is 0.610. The van der Waals surface area contributed by atoms with Crippen molar-refractivity contribution in [3.8, 4) is 5.75 Å². The molecule has 0 aliphatic heterocycles. The minimum Gasteiger partial charge on any atom is -0.487 e. The number of anilines is 1. The van der Waals surface area contributed by atoms with E-state index in [-0.39, 0.29) is 5.91 Å². The molecule has 1 aromatic heterocycles. The number of hydrogen-bond acceptors (Lipinski definition) is 3. The molecule has 0 saturated carbocycles. The van der Waals surface area contributed by atoms with Crippen molar-refractivity contribution in [3.63, 3.8) is 0 Å². The number of benzene rings is 2. The van der Waals surface area contributed by atoms with E-state index in [1.165, 1.54) is 11.3 Å². The number of nitrogens with one attached hydrogen (secondary N) is 1. The maximum atomic E-state index is 12.5. The van der Waals surface area contributed by atoms with Gasteiger partial charge in [0.2, 0.25) is 0 Å². The van der Waals surface area contributed by atoms with E-state index in [9.17, 15) is 4.79 Å². The summed E-state index contributed by atoms with van der Waals surface area (Å²) in [4.78, 5) is 13.2. The number of carbonyl (C=O) groups is 1. The standard InChI is InChI=1S/C20H18ClNO2S/c1-13-6-5-7-14(2)19(13)22-20(23)18-10-15(12-25-18)11-24-17-9-4-3-8-16(17)21/h3-10,12H,11H2,1-2H3,(H,22,23). The van der Waals surface area contributed by atoms with Crippen LogP contribution in [-0.2, 0) is 6.61 Å². The Morgan fingerprint density at radius 2 is 1.84 bits per heavy atom. The van der Waals surface area contributed by atoms with E-state index in [1.54, 1.807) is 6.07 Å². The van der Waals surface area contributed by atoms with Gasteiger partial charge in [0, 0.05) is 11.3 Å². The summed E-state index contributed by atoms with van der Waals surface area (Å²) in [6.07, 6.45) is 0. The summed E-state index contributed by atoms with van der Waals surface area (Å²) in [5, 5.41) is 5.50. The van der Waals surface area contributed by atoms with Crippen LogP contribution in [0, 0.1) is 13.8 Å². The highest BCUT2D eigenvalue weighted by Crippen LogP contribution is 2.26. The summed E-state index contributed by atoms with van der Waals surface area (Å²) < 4.78 is 5.72. The van der Waals surface area contributed by atoms with Crippen LogP contribution in [0.25, 0.3) is 0 Å². The summed E-state index contributed by atoms with van der Waals surface area (Å²) >= 11 is 7.48. The third-order valence-corrected chi connectivity index (χ3v) is 5.12. The Morgan fingerprint density at radius 3 is 2.56 bits per heavy atom. The molecule has 128 valence electrons. The molecule has 0 radical (unpaired) electrons. The second kappa shape index (κ2) is 7.72. The van der Waals surface area contributed by atoms with Gasteiger partial charge in [-0.05, 0) is 48.6 Å². The number of para-hydroxylation sites is 2. The molecule has 25 heavy (non-hydrogen) atoms. The smallest absolute Gasteiger partial charge is 0.265 e. The summed E-state index contributed by atoms with van der Waals surface area (Å²) in [5.74, 6) is 0.531. The molecule has 1 N–H and O–H groups in total. The number of hydrogen-bond donors (Lipinski definition) is 1. The predicted molar refractivity (Wildman–Crippen MR) is 104 cm³/mol. The molecule has 1 amide bonds. The van der Waals surface area contributed by atoms with Crippen molar-refractivity contribution < 1.29 is 9.53 Å². The maximum Gasteiger partial charge on any atom is 0.265 e. The lowest BCUT2D eigenvalue weighted by Crippen LogP contribution is -2.12. The predicted octanol–water partition coefficient (Wildman–Crippen LogP) is 5.85. The van der Waals surface area contributed by atoms with Crippen molar-refractivity contribution in [2.45, 2.75) is 20.5 Å². The number of aryl methyl sites for hydroxylation is 2. The highest BCUT2D eigenvalue weighted by Gasteiger charge is 2.12. The first-order valence-electron chi connectivity index (χ1n) is 7.87. The highest BCUT2D eigenvalue weighted by atomic mass is 35.5. The Balaban J connectivity index is 1.67. The van der Waals surface area contributed by atoms with Crippen LogP contribution in [0.4, 0.5) is 5.69 Å². The van der Waals surface area contributed by atoms with Gasteiger partial charge >= 0.3 is 0 Å². The average molecular weight is 372 g/mol. The highest BCUT2D eigenvalue weighted by molar-refractivity contribution is 7.12. The van der Waals surface area contributed by atoms with E-state index in [2.05, 4.69) is 5.32 Å². The van der Waals surface area contributed by atoms with Gasteiger partial charge < -0.3 is 10.1 Å². The fourth-order valence-electron chi connectivity index (χ4n) is 2.48. The molecule has 1 heterocycles. The van der Waals surface area contributed by atoms with E-state index in [0.717, 1.165) is 22.4 Å². The Morgan fingerprint density at radius 1 is 1.12 bits per heavy atom. The van der Waals surface area contributed by atoms with Gasteiger partial charge in [-0.25, -0.2) is 0 Å². The van der Waals surface area contributed by atoms with E-state index < -0.39 is 0 Å². The fraction of sp³-hybridized carbons (Fsp3) is 0.150. The zero-order valence-electron chi connectivity index (χ0n) is 14.0. The summed E-state index contributed by atoms with van der Waals surface area (Å²) in [5.41, 5.74) is 3.91. The van der Waals surface area contributed by atoms with Gasteiger partial charge in [-0.3, -0.25) is 4.79 Å². The third kappa shape index (κ3) is 4.21. The molecule has 3 rings (SSSR count). The minimum atomic E-state index is -0.105. The third-order valence-electron chi connectivity index (χ3n) is 3.83. The molecule has 5 heteroatoms. The van der Waals surface area contributed by atoms with Gasteiger partial charge in [-0.15, -0.1) is 11.3 Å². The Bertz CT molecular complexity index is 884. The number of rotatable bonds is 5. The summed E-state index contributed by atoms with van der Waals surface area (Å²) in [6, 6.07) is 15.1. The number of ether oxygens (including phenoxy) is 1. The van der Waals surface area contributed by atoms with Crippen LogP contribution in [0.2, 0.25) is 5.02 Å². The second-order valence-electron chi connectivity index (χ2n) is 5.76. The molecule has 3 nitrogen and oxygen atoms in total. The Hall–Kier alpha value is -2.30. The van der Waals surface area contributed by atoms with Crippen molar-refractivity contribution >= 4 is 34.5 Å². The summed E-state index contributed by atoms with van der Waals surface area (Å²) in [7, 11) is 0. The van der Waals surface area contributed by atoms with Gasteiger partial charge in [-0.1, -0.05) is 41.9 Å². The molecule has 2 aromatic carbocycles. The molecular weight excluding hydrogens is 354 g/mol. The van der Waals surface area contributed by atoms with Gasteiger partial charge in [0.05, 0.1) is 9.90 Å². The van der Waals surface area contributed by atoms with E-state index >= 15 is 0 Å². The van der Waals surface area contributed by atoms with Crippen LogP contribution < -0.4 is 10.1 Å². The SMILES string of the molecule is Cc1cccc(C)c1NC(=O)c1cc(COc2ccccc2Cl)cs1. The monoisotopic (exact) mass is 371 g/mol. The van der Waals surface area contributed by atoms with Gasteiger partial charge in [0.25, 0.3) is 5.91 Å². The first kappa shape index (κ1) is 17.5. The van der Waals surface area contributed by atoms with Crippen molar-refractivity contribution in [3.05, 3.63) is 80.5 Å². The molecule has 0 aliphatic rings. The van der Waals surface area contributed by atoms with Crippen LogP contribution in [-0.4, -0.2) is 5.91 Å². The average Bonchev–Trinajstić information content (AvgIpc) is 3.06. The van der Waals surface area contributed by atoms with Crippen LogP contribution in [0.5, 0.6) is 5.75 Å². The van der Waals surface area contributed by atoms with Crippen molar-refractivity contribution in [1.29, 1.82) is 0 Å². The fourth-order valence-corrected chi connectivity index (χ4v) is 3.46. The molecule has 0 bridgehead atoms. The molecule has 0 atom stereocenters. The lowest BCUT2D eigenvalue weighted by Gasteiger charge is -2.10. The zero-order chi connectivity index (χ0) is 17.8. The first-order chi connectivity index (χ1) is 12.0. The van der Waals surface area contributed by atoms with E-state index in [1.807, 2.05) is 61.7 Å². The zero-order valence-corrected chi connectivity index (χ0v) is 15.6. The van der Waals surface area contributed by atoms with Crippen LogP contribution in [0.3, 0.4) is 0 Å². The number of thiophene rings is 1. The molecule has 0 saturated heterocycles. The van der Waals surface area contributed by atoms with Crippen molar-refractivity contribution in [2.24, 2.45) is 0 Å². The Kier molecular flexibility index (Phi) is 5.41. The lowest BCUT2D eigenvalue weighted by molar-refractivity contribution is 0.103. The van der Waals surface area contributed by atoms with E-state index in [0.29, 0.717) is 22.3 Å². The van der Waals surface area contributed by atoms with Gasteiger partial charge in [0.15, 0.2) is 0 Å². The molecule has 0 fully saturated rings. The molecular formula is C20H18ClNO2S. The normalized spacial score (nSPS) is 10.5. The van der Waals surface area contributed by atoms with Gasteiger partial charge in [-0.2, -0.15) is 0 Å². The van der Waals surface area contributed by atoms with Gasteiger partial charge in [0.1, 0.15) is 12.4 Å². The largest absolute Gasteiger partial charge is 0.487 e. The lowest BCUT2D eigenvalue weighted by atomic mass is 10.1. The molecule has 3 aromatic rings. The minimum absolute atomic E-state index is 0.105. The topological polar surface area (TPSA) is 38.3 Å². The summed E-state index contributed by atoms with van der Waals surface area (Å²) in [6.45, 7) is 4.34. The second-order valence-corrected chi connectivity index (χ2v) is 7.08. The van der Waals surface area contributed by atoms with E-state index in [4.69, 9.17) is 16.3 Å². The number of carbonyl (C=O) groups excluding carboxylic acids is 1. The number of halogens is 1. The van der Waals surface area contributed by atoms with Crippen LogP contribution in [0.15, 0.2) is 53.9 Å². The first-order valence-corrected chi connectivity index (χ1v) is 9.12. The maximum absolute atomic E-state index is 12.5. The molecule has 0 unspecified atom stereocenters. The van der Waals surface area contributed by atoms with Crippen molar-refractivity contribution in [1.82, 2.24) is 0 Å². The van der Waals surface area contributed by atoms with Crippen LogP contribution in [0.1, 0.15) is 26.4 Å². The Labute approximate surface area is 156 Å². The molecule has 0 aliphatic carbocycles. The van der Waals surface area contributed by atoms with Crippen molar-refractivity contribution in [2.75, 3.05) is 5.32 Å². The number of amides is 1.